The van der Waals surface area contributed by atoms with Gasteiger partial charge in [0.25, 0.3) is 0 Å². The van der Waals surface area contributed by atoms with Gasteiger partial charge in [-0.25, -0.2) is 38.7 Å². The fourth-order valence-electron chi connectivity index (χ4n) is 17.1. The average molecular weight is 1740 g/mol. The predicted molar refractivity (Wildman–Crippen MR) is 515 cm³/mol. The fourth-order valence-corrected chi connectivity index (χ4v) is 17.1. The van der Waals surface area contributed by atoms with Crippen LogP contribution in [0.5, 0.6) is 0 Å². The second-order valence-electron chi connectivity index (χ2n) is 33.9. The maximum Gasteiger partial charge on any atom is 0.229 e. The summed E-state index contributed by atoms with van der Waals surface area (Å²) in [5.41, 5.74) is 19.5. The quantitative estimate of drug-likeness (QED) is 0.0367. The van der Waals surface area contributed by atoms with Gasteiger partial charge in [-0.15, -0.1) is 0 Å². The van der Waals surface area contributed by atoms with Crippen molar-refractivity contribution < 1.29 is 8.78 Å². The third kappa shape index (κ3) is 23.1. The monoisotopic (exact) mass is 1740 g/mol. The van der Waals surface area contributed by atoms with E-state index < -0.39 is 0 Å². The molecule has 29 heteroatoms. The fraction of sp³-hybridized carbons (Fsp3) is 0.287. The number of nitrogens with zero attached hydrogens (tertiary/aromatic N) is 21. The molecule has 0 amide bonds. The number of hydrogen-bond acceptors (Lipinski definition) is 27. The van der Waals surface area contributed by atoms with Gasteiger partial charge in [-0.2, -0.15) is 50.8 Å². The van der Waals surface area contributed by atoms with Gasteiger partial charge in [0, 0.05) is 141 Å². The molecule has 20 rings (SSSR count). The van der Waals surface area contributed by atoms with E-state index >= 15 is 0 Å². The first-order valence-electron chi connectivity index (χ1n) is 44.7. The first kappa shape index (κ1) is 87.6. The summed E-state index contributed by atoms with van der Waals surface area (Å²) in [6.45, 7) is 19.7. The zero-order valence-corrected chi connectivity index (χ0v) is 74.2. The first-order valence-corrected chi connectivity index (χ1v) is 44.7. The normalized spacial score (nSPS) is 14.5. The van der Waals surface area contributed by atoms with Gasteiger partial charge in [-0.3, -0.25) is 4.90 Å². The molecular weight excluding hydrogens is 1630 g/mol. The Balaban J connectivity index is 0.000000122. The van der Waals surface area contributed by atoms with Crippen molar-refractivity contribution in [3.8, 4) is 0 Å². The molecule has 0 spiro atoms. The van der Waals surface area contributed by atoms with Crippen molar-refractivity contribution in [3.05, 3.63) is 299 Å². The van der Waals surface area contributed by atoms with Crippen LogP contribution >= 0.6 is 0 Å². The third-order valence-electron chi connectivity index (χ3n) is 24.1. The molecule has 0 radical (unpaired) electrons. The molecule has 4 aliphatic heterocycles. The molecule has 0 aliphatic carbocycles. The third-order valence-corrected chi connectivity index (χ3v) is 24.1. The van der Waals surface area contributed by atoms with Crippen molar-refractivity contribution >= 4 is 124 Å². The lowest BCUT2D eigenvalue weighted by molar-refractivity contribution is 0.148. The number of hydrogen-bond donors (Lipinski definition) is 6. The van der Waals surface area contributed by atoms with Crippen LogP contribution in [0.3, 0.4) is 0 Å². The maximum atomic E-state index is 14.4. The van der Waals surface area contributed by atoms with E-state index in [1.165, 1.54) is 49.9 Å². The summed E-state index contributed by atoms with van der Waals surface area (Å²) in [5, 5.41) is 57.6. The molecule has 12 heterocycles. The van der Waals surface area contributed by atoms with E-state index in [0.29, 0.717) is 65.6 Å². The zero-order chi connectivity index (χ0) is 89.1. The summed E-state index contributed by atoms with van der Waals surface area (Å²) >= 11 is 0. The van der Waals surface area contributed by atoms with Gasteiger partial charge in [0.1, 0.15) is 46.6 Å². The van der Waals surface area contributed by atoms with E-state index in [1.54, 1.807) is 73.8 Å². The van der Waals surface area contributed by atoms with Crippen LogP contribution in [0.1, 0.15) is 108 Å². The van der Waals surface area contributed by atoms with Gasteiger partial charge in [0.2, 0.25) is 11.9 Å². The van der Waals surface area contributed by atoms with Crippen LogP contribution in [-0.4, -0.2) is 175 Å². The van der Waals surface area contributed by atoms with Crippen molar-refractivity contribution in [2.75, 3.05) is 121 Å². The SMILES string of the molecule is Cc1cccc2c(Nc3ccnc(Cc4cc(F)cc(CC5CCN(C)CC5)c4)n3)cnnc12.Cc1cccc2c(Nc3ccnc(Cc4cc(F)cc(CN5CCN(C)CC5)c4)n3)cnnc12.Cc1cccc2c(Nc3ccnc(Nc4ccc(N5CCCCC5)cc4)n3)cnnc12.Cc1cccc2c(Nc3ccnc(Nc4cccc(N5CCCCC5)c4)n3)cnnc12. The molecule has 4 saturated heterocycles. The van der Waals surface area contributed by atoms with Crippen molar-refractivity contribution in [2.45, 2.75) is 105 Å². The van der Waals surface area contributed by atoms with Crippen molar-refractivity contribution in [1.82, 2.24) is 95.4 Å². The highest BCUT2D eigenvalue weighted by Gasteiger charge is 2.22. The van der Waals surface area contributed by atoms with Crippen LogP contribution < -0.4 is 41.7 Å². The Hall–Kier alpha value is -14.4. The van der Waals surface area contributed by atoms with E-state index in [-0.39, 0.29) is 11.6 Å². The second kappa shape index (κ2) is 42.0. The number of rotatable bonds is 22. The highest BCUT2D eigenvalue weighted by atomic mass is 19.1. The van der Waals surface area contributed by atoms with E-state index in [1.807, 2.05) is 131 Å². The van der Waals surface area contributed by atoms with Crippen LogP contribution in [0.2, 0.25) is 0 Å². The van der Waals surface area contributed by atoms with Gasteiger partial charge >= 0.3 is 0 Å². The van der Waals surface area contributed by atoms with Crippen LogP contribution in [0.4, 0.5) is 89.4 Å². The smallest absolute Gasteiger partial charge is 0.229 e. The summed E-state index contributed by atoms with van der Waals surface area (Å²) in [6.07, 6.45) is 25.7. The molecule has 4 aliphatic rings. The van der Waals surface area contributed by atoms with Crippen LogP contribution in [0.15, 0.2) is 232 Å². The van der Waals surface area contributed by atoms with E-state index in [2.05, 4.69) is 206 Å². The number of aromatic nitrogens is 16. The highest BCUT2D eigenvalue weighted by Crippen LogP contribution is 2.34. The number of halogens is 2. The number of anilines is 14. The van der Waals surface area contributed by atoms with E-state index in [4.69, 9.17) is 0 Å². The Bertz CT molecular complexity index is 6360. The predicted octanol–water partition coefficient (Wildman–Crippen LogP) is 19.4. The highest BCUT2D eigenvalue weighted by molar-refractivity contribution is 5.96. The molecule has 130 heavy (non-hydrogen) atoms. The van der Waals surface area contributed by atoms with Gasteiger partial charge in [0.15, 0.2) is 0 Å². The lowest BCUT2D eigenvalue weighted by atomic mass is 9.89. The molecule has 6 N–H and O–H groups in total. The topological polar surface area (TPSA) is 295 Å². The summed E-state index contributed by atoms with van der Waals surface area (Å²) in [4.78, 5) is 48.1. The largest absolute Gasteiger partial charge is 0.372 e. The molecule has 0 atom stereocenters. The summed E-state index contributed by atoms with van der Waals surface area (Å²) in [7, 11) is 4.30. The Morgan fingerprint density at radius 3 is 1.18 bits per heavy atom. The molecule has 8 aromatic heterocycles. The number of likely N-dealkylation sites (N-methyl/N-ethyl adjacent to an activating group) is 1. The van der Waals surface area contributed by atoms with Gasteiger partial charge < -0.3 is 51.5 Å². The number of likely N-dealkylation sites (tertiary alicyclic amines) is 1. The van der Waals surface area contributed by atoms with Gasteiger partial charge in [-0.1, -0.05) is 91.0 Å². The number of benzene rings is 8. The molecule has 27 nitrogen and oxygen atoms in total. The standard InChI is InChI=1S/C27H29FN6.C26H28FN7.2C24H25N7/c1-18-4-3-5-23-24(17-30-33-27(18)23)31-25-6-9-29-26(32-25)16-21-13-20(14-22(28)15-21)12-19-7-10-34(2)11-8-19;1-18-4-3-5-22-23(16-29-32-26(18)22)30-24-6-7-28-25(31-24)15-19-12-20(14-21(27)13-19)17-34-10-8-33(2)9-11-34;1-17-7-5-10-20-21(16-26-30-23(17)20)28-22-11-12-25-24(29-22)27-18-8-6-9-19(15-18)31-13-3-2-4-14-31;1-17-6-5-7-20-21(16-26-30-23(17)20)28-22-12-13-25-24(29-22)27-18-8-10-19(11-9-18)31-14-3-2-4-15-31/h3-6,9,13-15,17,19H,7-8,10-12,16H2,1-2H3,(H,29,31,32,33);3-7,12-14,16H,8-11,15,17H2,1-2H3,(H,28,30,31,32);5-12,15-16H,2-4,13-14H2,1H3,(H2,25,27,28,29,30);5-13,16H,2-4,14-15H2,1H3,(H2,25,27,28,29,30). The van der Waals surface area contributed by atoms with Crippen LogP contribution in [0.25, 0.3) is 43.6 Å². The zero-order valence-electron chi connectivity index (χ0n) is 74.2. The Morgan fingerprint density at radius 1 is 0.338 bits per heavy atom. The number of piperazine rings is 1. The molecule has 0 unspecified atom stereocenters. The summed E-state index contributed by atoms with van der Waals surface area (Å²) in [5.74, 6) is 5.27. The minimum Gasteiger partial charge on any atom is -0.372 e. The minimum atomic E-state index is -0.222. The van der Waals surface area contributed by atoms with Crippen molar-refractivity contribution in [3.63, 3.8) is 0 Å². The molecule has 16 aromatic rings. The minimum absolute atomic E-state index is 0.195. The molecular formula is C101H107F2N27. The maximum absolute atomic E-state index is 14.4. The Kier molecular flexibility index (Phi) is 28.3. The second-order valence-corrected chi connectivity index (χ2v) is 33.9. The van der Waals surface area contributed by atoms with E-state index in [0.717, 1.165) is 213 Å². The average Bonchev–Trinajstić information content (AvgIpc) is 0.815. The summed E-state index contributed by atoms with van der Waals surface area (Å²) < 4.78 is 28.8. The number of aryl methyl sites for hydroxylation is 4. The lowest BCUT2D eigenvalue weighted by Crippen LogP contribution is -2.43. The number of nitrogens with one attached hydrogen (secondary N) is 6. The van der Waals surface area contributed by atoms with Gasteiger partial charge in [0.05, 0.1) is 69.6 Å². The first-order chi connectivity index (χ1) is 63.6. The van der Waals surface area contributed by atoms with Crippen LogP contribution in [0, 0.1) is 45.2 Å². The number of fused-ring (bicyclic) bond motifs is 4. The van der Waals surface area contributed by atoms with Crippen molar-refractivity contribution in [1.29, 1.82) is 0 Å². The lowest BCUT2D eigenvalue weighted by Gasteiger charge is -2.32. The Morgan fingerprint density at radius 2 is 0.723 bits per heavy atom. The summed E-state index contributed by atoms with van der Waals surface area (Å²) in [6, 6.07) is 59.1. The molecule has 660 valence electrons. The van der Waals surface area contributed by atoms with Crippen molar-refractivity contribution in [2.24, 2.45) is 5.92 Å². The molecule has 0 bridgehead atoms. The van der Waals surface area contributed by atoms with E-state index in [9.17, 15) is 8.78 Å². The molecule has 0 saturated carbocycles. The van der Waals surface area contributed by atoms with Crippen LogP contribution in [-0.2, 0) is 25.8 Å². The van der Waals surface area contributed by atoms with Gasteiger partial charge in [-0.05, 0) is 254 Å². The number of piperidine rings is 3. The molecule has 8 aromatic carbocycles. The Labute approximate surface area is 755 Å². The molecule has 4 fully saturated rings.